The first kappa shape index (κ1) is 13.7. The Kier molecular flexibility index (Phi) is 4.52. The summed E-state index contributed by atoms with van der Waals surface area (Å²) < 4.78 is 6.96. The van der Waals surface area contributed by atoms with Gasteiger partial charge in [-0.3, -0.25) is 4.98 Å². The van der Waals surface area contributed by atoms with Gasteiger partial charge in [0.25, 0.3) is 0 Å². The second kappa shape index (κ2) is 5.94. The molecule has 1 aromatic heterocycles. The standard InChI is InChI=1S/C12H10BrIN2O2/c1-18-12-10(15-4-5-16-12)11(17)8-6-7(14)2-3-9(8)13/h2-6,11,17H,1H3. The second-order valence-electron chi connectivity index (χ2n) is 3.52. The van der Waals surface area contributed by atoms with Crippen molar-refractivity contribution in [2.45, 2.75) is 6.10 Å². The van der Waals surface area contributed by atoms with Crippen LogP contribution >= 0.6 is 38.5 Å². The number of hydrogen-bond donors (Lipinski definition) is 1. The maximum Gasteiger partial charge on any atom is 0.238 e. The number of benzene rings is 1. The first-order chi connectivity index (χ1) is 8.63. The Labute approximate surface area is 127 Å². The molecule has 1 aromatic carbocycles. The van der Waals surface area contributed by atoms with Crippen molar-refractivity contribution in [3.8, 4) is 5.88 Å². The van der Waals surface area contributed by atoms with Crippen LogP contribution in [0.15, 0.2) is 35.1 Å². The number of nitrogens with zero attached hydrogens (tertiary/aromatic N) is 2. The van der Waals surface area contributed by atoms with E-state index in [0.29, 0.717) is 11.6 Å². The Balaban J connectivity index is 2.47. The van der Waals surface area contributed by atoms with Gasteiger partial charge in [-0.1, -0.05) is 15.9 Å². The lowest BCUT2D eigenvalue weighted by atomic mass is 10.1. The number of aliphatic hydroxyl groups is 1. The SMILES string of the molecule is COc1nccnc1C(O)c1cc(I)ccc1Br. The molecule has 94 valence electrons. The fraction of sp³-hybridized carbons (Fsp3) is 0.167. The normalized spacial score (nSPS) is 12.2. The van der Waals surface area contributed by atoms with Crippen molar-refractivity contribution in [3.05, 3.63) is 49.9 Å². The van der Waals surface area contributed by atoms with E-state index in [4.69, 9.17) is 4.74 Å². The highest BCUT2D eigenvalue weighted by atomic mass is 127. The fourth-order valence-corrected chi connectivity index (χ4v) is 2.53. The van der Waals surface area contributed by atoms with E-state index in [-0.39, 0.29) is 0 Å². The van der Waals surface area contributed by atoms with Crippen molar-refractivity contribution in [1.82, 2.24) is 9.97 Å². The topological polar surface area (TPSA) is 55.2 Å². The van der Waals surface area contributed by atoms with E-state index in [9.17, 15) is 5.11 Å². The van der Waals surface area contributed by atoms with Crippen LogP contribution in [0.5, 0.6) is 5.88 Å². The molecule has 2 aromatic rings. The molecule has 0 amide bonds. The van der Waals surface area contributed by atoms with E-state index in [1.54, 1.807) is 0 Å². The van der Waals surface area contributed by atoms with Crippen molar-refractivity contribution in [1.29, 1.82) is 0 Å². The highest BCUT2D eigenvalue weighted by Crippen LogP contribution is 2.31. The van der Waals surface area contributed by atoms with E-state index < -0.39 is 6.10 Å². The number of hydrogen-bond acceptors (Lipinski definition) is 4. The molecule has 1 N–H and O–H groups in total. The first-order valence-electron chi connectivity index (χ1n) is 5.11. The van der Waals surface area contributed by atoms with E-state index in [1.807, 2.05) is 18.2 Å². The molecule has 0 fully saturated rings. The van der Waals surface area contributed by atoms with Crippen LogP contribution in [0.2, 0.25) is 0 Å². The van der Waals surface area contributed by atoms with Gasteiger partial charge in [0.2, 0.25) is 5.88 Å². The minimum atomic E-state index is -0.877. The summed E-state index contributed by atoms with van der Waals surface area (Å²) in [5.74, 6) is 0.329. The zero-order valence-electron chi connectivity index (χ0n) is 9.47. The summed E-state index contributed by atoms with van der Waals surface area (Å²) in [7, 11) is 1.50. The molecule has 6 heteroatoms. The van der Waals surface area contributed by atoms with Gasteiger partial charge in [0.05, 0.1) is 7.11 Å². The molecular formula is C12H10BrIN2O2. The number of rotatable bonds is 3. The van der Waals surface area contributed by atoms with E-state index in [0.717, 1.165) is 13.6 Å². The average Bonchev–Trinajstić information content (AvgIpc) is 2.40. The highest BCUT2D eigenvalue weighted by Gasteiger charge is 2.20. The zero-order valence-corrected chi connectivity index (χ0v) is 13.2. The third-order valence-corrected chi connectivity index (χ3v) is 3.79. The lowest BCUT2D eigenvalue weighted by Crippen LogP contribution is -2.07. The van der Waals surface area contributed by atoms with Gasteiger partial charge >= 0.3 is 0 Å². The third kappa shape index (κ3) is 2.81. The summed E-state index contributed by atoms with van der Waals surface area (Å²) >= 11 is 5.62. The molecule has 0 aliphatic rings. The molecule has 0 spiro atoms. The molecule has 0 aliphatic heterocycles. The van der Waals surface area contributed by atoms with Gasteiger partial charge in [-0.05, 0) is 40.8 Å². The van der Waals surface area contributed by atoms with E-state index in [1.165, 1.54) is 19.5 Å². The van der Waals surface area contributed by atoms with Crippen LogP contribution in [-0.2, 0) is 0 Å². The molecular weight excluding hydrogens is 411 g/mol. The molecule has 0 aliphatic carbocycles. The molecule has 1 heterocycles. The number of aromatic nitrogens is 2. The first-order valence-corrected chi connectivity index (χ1v) is 6.98. The summed E-state index contributed by atoms with van der Waals surface area (Å²) in [4.78, 5) is 8.17. The van der Waals surface area contributed by atoms with E-state index >= 15 is 0 Å². The molecule has 0 saturated heterocycles. The quantitative estimate of drug-likeness (QED) is 0.775. The van der Waals surface area contributed by atoms with Crippen molar-refractivity contribution >= 4 is 38.5 Å². The predicted molar refractivity (Wildman–Crippen MR) is 79.5 cm³/mol. The van der Waals surface area contributed by atoms with Crippen molar-refractivity contribution < 1.29 is 9.84 Å². The van der Waals surface area contributed by atoms with Crippen LogP contribution in [0, 0.1) is 3.57 Å². The Morgan fingerprint density at radius 1 is 1.33 bits per heavy atom. The van der Waals surface area contributed by atoms with Crippen molar-refractivity contribution in [3.63, 3.8) is 0 Å². The minimum Gasteiger partial charge on any atom is -0.480 e. The largest absolute Gasteiger partial charge is 0.480 e. The van der Waals surface area contributed by atoms with Crippen LogP contribution < -0.4 is 4.74 Å². The molecule has 18 heavy (non-hydrogen) atoms. The fourth-order valence-electron chi connectivity index (χ4n) is 1.55. The van der Waals surface area contributed by atoms with Gasteiger partial charge in [-0.15, -0.1) is 0 Å². The monoisotopic (exact) mass is 420 g/mol. The third-order valence-electron chi connectivity index (χ3n) is 2.40. The molecule has 1 unspecified atom stereocenters. The van der Waals surface area contributed by atoms with Gasteiger partial charge in [0.1, 0.15) is 11.8 Å². The summed E-state index contributed by atoms with van der Waals surface area (Å²) in [6, 6.07) is 5.74. The molecule has 4 nitrogen and oxygen atoms in total. The Bertz CT molecular complexity index is 566. The second-order valence-corrected chi connectivity index (χ2v) is 5.62. The zero-order chi connectivity index (χ0) is 13.1. The molecule has 2 rings (SSSR count). The molecule has 0 saturated carbocycles. The van der Waals surface area contributed by atoms with Gasteiger partial charge in [-0.2, -0.15) is 0 Å². The van der Waals surface area contributed by atoms with Gasteiger partial charge in [0.15, 0.2) is 0 Å². The summed E-state index contributed by atoms with van der Waals surface area (Å²) in [6.07, 6.45) is 2.18. The Morgan fingerprint density at radius 3 is 2.78 bits per heavy atom. The van der Waals surface area contributed by atoms with Gasteiger partial charge in [-0.25, -0.2) is 4.98 Å². The number of halogens is 2. The van der Waals surface area contributed by atoms with Crippen LogP contribution in [0.1, 0.15) is 17.4 Å². The lowest BCUT2D eigenvalue weighted by molar-refractivity contribution is 0.207. The maximum absolute atomic E-state index is 10.4. The lowest BCUT2D eigenvalue weighted by Gasteiger charge is -2.14. The predicted octanol–water partition coefficient (Wildman–Crippen LogP) is 2.93. The van der Waals surface area contributed by atoms with Gasteiger partial charge < -0.3 is 9.84 Å². The van der Waals surface area contributed by atoms with Crippen molar-refractivity contribution in [2.75, 3.05) is 7.11 Å². The number of aliphatic hydroxyl groups excluding tert-OH is 1. The van der Waals surface area contributed by atoms with Gasteiger partial charge in [0, 0.05) is 26.0 Å². The van der Waals surface area contributed by atoms with Crippen LogP contribution in [0.25, 0.3) is 0 Å². The van der Waals surface area contributed by atoms with E-state index in [2.05, 4.69) is 48.5 Å². The van der Waals surface area contributed by atoms with Crippen molar-refractivity contribution in [2.24, 2.45) is 0 Å². The highest BCUT2D eigenvalue weighted by molar-refractivity contribution is 14.1. The average molecular weight is 421 g/mol. The molecule has 0 radical (unpaired) electrons. The van der Waals surface area contributed by atoms with Crippen LogP contribution in [0.4, 0.5) is 0 Å². The van der Waals surface area contributed by atoms with Crippen LogP contribution in [0.3, 0.4) is 0 Å². The smallest absolute Gasteiger partial charge is 0.238 e. The molecule has 0 bridgehead atoms. The maximum atomic E-state index is 10.4. The van der Waals surface area contributed by atoms with Crippen LogP contribution in [-0.4, -0.2) is 22.2 Å². The number of methoxy groups -OCH3 is 1. The Morgan fingerprint density at radius 2 is 2.06 bits per heavy atom. The summed E-state index contributed by atoms with van der Waals surface area (Å²) in [5.41, 5.74) is 1.14. The summed E-state index contributed by atoms with van der Waals surface area (Å²) in [6.45, 7) is 0. The minimum absolute atomic E-state index is 0.329. The molecule has 1 atom stereocenters. The summed E-state index contributed by atoms with van der Waals surface area (Å²) in [5, 5.41) is 10.4. The Hall–Kier alpha value is -0.730. The number of ether oxygens (including phenoxy) is 1.